The molecule has 0 saturated heterocycles. The Bertz CT molecular complexity index is 570. The predicted molar refractivity (Wildman–Crippen MR) is 74.0 cm³/mol. The lowest BCUT2D eigenvalue weighted by atomic mass is 9.95. The molecule has 1 fully saturated rings. The Morgan fingerprint density at radius 1 is 1.32 bits per heavy atom. The fourth-order valence-electron chi connectivity index (χ4n) is 2.49. The molecule has 1 atom stereocenters. The largest absolute Gasteiger partial charge is 0.497 e. The van der Waals surface area contributed by atoms with E-state index in [0.717, 1.165) is 28.5 Å². The van der Waals surface area contributed by atoms with Gasteiger partial charge in [-0.15, -0.1) is 0 Å². The van der Waals surface area contributed by atoms with Crippen molar-refractivity contribution in [3.05, 3.63) is 30.0 Å². The number of nitrogens with two attached hydrogens (primary N) is 1. The summed E-state index contributed by atoms with van der Waals surface area (Å²) in [4.78, 5) is 0. The second-order valence-corrected chi connectivity index (χ2v) is 5.16. The molecule has 0 spiro atoms. The molecule has 2 aromatic rings. The molecule has 0 radical (unpaired) electrons. The molecule has 4 heteroatoms. The van der Waals surface area contributed by atoms with Gasteiger partial charge in [-0.3, -0.25) is 0 Å². The molecule has 1 unspecified atom stereocenters. The third-order valence-electron chi connectivity index (χ3n) is 3.88. The Balaban J connectivity index is 2.00. The van der Waals surface area contributed by atoms with E-state index in [0.29, 0.717) is 11.8 Å². The average molecular weight is 258 g/mol. The van der Waals surface area contributed by atoms with Crippen LogP contribution in [0.2, 0.25) is 0 Å². The minimum Gasteiger partial charge on any atom is -0.497 e. The molecule has 0 aliphatic heterocycles. The van der Waals surface area contributed by atoms with Crippen LogP contribution in [-0.4, -0.2) is 12.3 Å². The van der Waals surface area contributed by atoms with Crippen molar-refractivity contribution in [1.82, 2.24) is 5.16 Å². The molecule has 3 rings (SSSR count). The highest BCUT2D eigenvalue weighted by Crippen LogP contribution is 2.45. The second-order valence-electron chi connectivity index (χ2n) is 5.16. The minimum atomic E-state index is 0.396. The minimum absolute atomic E-state index is 0.396. The Morgan fingerprint density at radius 3 is 2.58 bits per heavy atom. The van der Waals surface area contributed by atoms with Crippen LogP contribution in [0.25, 0.3) is 11.1 Å². The molecule has 1 aromatic carbocycles. The van der Waals surface area contributed by atoms with Gasteiger partial charge < -0.3 is 15.0 Å². The van der Waals surface area contributed by atoms with E-state index in [1.54, 1.807) is 7.11 Å². The molecule has 1 aliphatic rings. The highest BCUT2D eigenvalue weighted by atomic mass is 16.5. The zero-order chi connectivity index (χ0) is 13.4. The Labute approximate surface area is 112 Å². The van der Waals surface area contributed by atoms with E-state index in [-0.39, 0.29) is 0 Å². The molecule has 0 bridgehead atoms. The number of hydrogen-bond donors (Lipinski definition) is 1. The van der Waals surface area contributed by atoms with Crippen molar-refractivity contribution in [3.63, 3.8) is 0 Å². The van der Waals surface area contributed by atoms with Crippen molar-refractivity contribution in [1.29, 1.82) is 0 Å². The second kappa shape index (κ2) is 4.61. The summed E-state index contributed by atoms with van der Waals surface area (Å²) in [5, 5.41) is 4.16. The highest BCUT2D eigenvalue weighted by Gasteiger charge is 2.33. The van der Waals surface area contributed by atoms with Crippen LogP contribution < -0.4 is 10.5 Å². The maximum Gasteiger partial charge on any atom is 0.230 e. The quantitative estimate of drug-likeness (QED) is 0.912. The summed E-state index contributed by atoms with van der Waals surface area (Å²) in [5.74, 6) is 2.35. The zero-order valence-corrected chi connectivity index (χ0v) is 11.2. The molecule has 19 heavy (non-hydrogen) atoms. The summed E-state index contributed by atoms with van der Waals surface area (Å²) in [6, 6.07) is 7.83. The van der Waals surface area contributed by atoms with Crippen LogP contribution in [0.5, 0.6) is 5.75 Å². The van der Waals surface area contributed by atoms with Gasteiger partial charge in [0.15, 0.2) is 0 Å². The molecule has 100 valence electrons. The Kier molecular flexibility index (Phi) is 2.93. The van der Waals surface area contributed by atoms with E-state index < -0.39 is 0 Å². The maximum absolute atomic E-state index is 5.94. The van der Waals surface area contributed by atoms with Gasteiger partial charge in [0.1, 0.15) is 5.75 Å². The first kappa shape index (κ1) is 12.1. The molecular formula is C15H18N2O2. The number of aromatic nitrogens is 1. The first-order valence-corrected chi connectivity index (χ1v) is 6.60. The molecule has 0 amide bonds. The lowest BCUT2D eigenvalue weighted by Gasteiger charge is -2.09. The number of nitrogens with zero attached hydrogens (tertiary/aromatic N) is 1. The summed E-state index contributed by atoms with van der Waals surface area (Å²) in [6.07, 6.45) is 2.55. The van der Waals surface area contributed by atoms with E-state index in [1.807, 2.05) is 24.3 Å². The summed E-state index contributed by atoms with van der Waals surface area (Å²) in [7, 11) is 1.66. The number of ether oxygens (including phenoxy) is 1. The van der Waals surface area contributed by atoms with Gasteiger partial charge in [-0.25, -0.2) is 0 Å². The first-order valence-electron chi connectivity index (χ1n) is 6.60. The smallest absolute Gasteiger partial charge is 0.230 e. The predicted octanol–water partition coefficient (Wildman–Crippen LogP) is 3.45. The normalized spacial score (nSPS) is 16.3. The van der Waals surface area contributed by atoms with Gasteiger partial charge in [0.25, 0.3) is 0 Å². The SMILES string of the molecule is COc1ccc(-c2c(C(C)C3CC3)noc2N)cc1. The number of anilines is 1. The Morgan fingerprint density at radius 2 is 2.00 bits per heavy atom. The van der Waals surface area contributed by atoms with Crippen molar-refractivity contribution < 1.29 is 9.26 Å². The molecule has 2 N–H and O–H groups in total. The van der Waals surface area contributed by atoms with E-state index in [9.17, 15) is 0 Å². The number of rotatable bonds is 4. The lowest BCUT2D eigenvalue weighted by Crippen LogP contribution is -1.99. The van der Waals surface area contributed by atoms with Crippen molar-refractivity contribution >= 4 is 5.88 Å². The number of nitrogen functional groups attached to an aromatic ring is 1. The van der Waals surface area contributed by atoms with Gasteiger partial charge in [0, 0.05) is 5.92 Å². The summed E-state index contributed by atoms with van der Waals surface area (Å²) in [6.45, 7) is 2.20. The van der Waals surface area contributed by atoms with Crippen molar-refractivity contribution in [3.8, 4) is 16.9 Å². The lowest BCUT2D eigenvalue weighted by molar-refractivity contribution is 0.415. The van der Waals surface area contributed by atoms with Gasteiger partial charge in [-0.1, -0.05) is 24.2 Å². The summed E-state index contributed by atoms with van der Waals surface area (Å²) < 4.78 is 10.4. The van der Waals surface area contributed by atoms with Crippen LogP contribution in [0.3, 0.4) is 0 Å². The topological polar surface area (TPSA) is 61.3 Å². The molecule has 1 aromatic heterocycles. The van der Waals surface area contributed by atoms with E-state index in [1.165, 1.54) is 12.8 Å². The van der Waals surface area contributed by atoms with Crippen LogP contribution in [0, 0.1) is 5.92 Å². The van der Waals surface area contributed by atoms with Crippen molar-refractivity contribution in [2.24, 2.45) is 5.92 Å². The zero-order valence-electron chi connectivity index (χ0n) is 11.2. The van der Waals surface area contributed by atoms with Gasteiger partial charge in [0.05, 0.1) is 18.4 Å². The number of methoxy groups -OCH3 is 1. The fourth-order valence-corrected chi connectivity index (χ4v) is 2.49. The number of benzene rings is 1. The molecule has 1 saturated carbocycles. The van der Waals surface area contributed by atoms with Crippen molar-refractivity contribution in [2.75, 3.05) is 12.8 Å². The molecular weight excluding hydrogens is 240 g/mol. The van der Waals surface area contributed by atoms with Gasteiger partial charge >= 0.3 is 0 Å². The monoisotopic (exact) mass is 258 g/mol. The van der Waals surface area contributed by atoms with Crippen LogP contribution in [0.15, 0.2) is 28.8 Å². The first-order chi connectivity index (χ1) is 9.20. The number of hydrogen-bond acceptors (Lipinski definition) is 4. The van der Waals surface area contributed by atoms with Crippen LogP contribution in [0.4, 0.5) is 5.88 Å². The van der Waals surface area contributed by atoms with Crippen LogP contribution in [0.1, 0.15) is 31.4 Å². The average Bonchev–Trinajstić information content (AvgIpc) is 3.21. The van der Waals surface area contributed by atoms with Crippen LogP contribution in [-0.2, 0) is 0 Å². The fraction of sp³-hybridized carbons (Fsp3) is 0.400. The van der Waals surface area contributed by atoms with Gasteiger partial charge in [-0.05, 0) is 36.5 Å². The van der Waals surface area contributed by atoms with Crippen LogP contribution >= 0.6 is 0 Å². The van der Waals surface area contributed by atoms with Gasteiger partial charge in [0.2, 0.25) is 5.88 Å². The Hall–Kier alpha value is -1.97. The molecule has 1 aliphatic carbocycles. The molecule has 1 heterocycles. The summed E-state index contributed by atoms with van der Waals surface area (Å²) in [5.41, 5.74) is 8.88. The molecule has 4 nitrogen and oxygen atoms in total. The third kappa shape index (κ3) is 2.18. The van der Waals surface area contributed by atoms with Crippen molar-refractivity contribution in [2.45, 2.75) is 25.7 Å². The van der Waals surface area contributed by atoms with E-state index in [4.69, 9.17) is 15.0 Å². The van der Waals surface area contributed by atoms with E-state index in [2.05, 4.69) is 12.1 Å². The maximum atomic E-state index is 5.94. The van der Waals surface area contributed by atoms with Gasteiger partial charge in [-0.2, -0.15) is 0 Å². The third-order valence-corrected chi connectivity index (χ3v) is 3.88. The van der Waals surface area contributed by atoms with E-state index >= 15 is 0 Å². The summed E-state index contributed by atoms with van der Waals surface area (Å²) >= 11 is 0. The standard InChI is InChI=1S/C15H18N2O2/c1-9(10-3-4-10)14-13(15(16)19-17-14)11-5-7-12(18-2)8-6-11/h5-10H,3-4,16H2,1-2H3. The highest BCUT2D eigenvalue weighted by molar-refractivity contribution is 5.76.